The summed E-state index contributed by atoms with van der Waals surface area (Å²) in [6, 6.07) is -0.716. The Hall–Kier alpha value is -2.70. The Kier molecular flexibility index (Phi) is 47.2. The van der Waals surface area contributed by atoms with Gasteiger partial charge < -0.3 is 20.3 Å². The highest BCUT2D eigenvalue weighted by atomic mass is 16.5. The molecule has 0 aromatic carbocycles. The highest BCUT2D eigenvalue weighted by Gasteiger charge is 2.24. The zero-order valence-corrected chi connectivity index (χ0v) is 40.7. The largest absolute Gasteiger partial charge is 0.462 e. The van der Waals surface area contributed by atoms with Crippen molar-refractivity contribution >= 4 is 11.9 Å². The molecule has 0 aromatic heterocycles. The third-order valence-corrected chi connectivity index (χ3v) is 11.6. The fraction of sp³-hybridized carbons (Fsp3) is 0.750. The van der Waals surface area contributed by atoms with Crippen molar-refractivity contribution in [3.05, 3.63) is 72.9 Å². The first-order valence-corrected chi connectivity index (χ1v) is 26.2. The van der Waals surface area contributed by atoms with Gasteiger partial charge in [-0.1, -0.05) is 222 Å². The van der Waals surface area contributed by atoms with E-state index in [1.807, 2.05) is 0 Å². The van der Waals surface area contributed by atoms with Crippen LogP contribution in [0.1, 0.15) is 245 Å². The van der Waals surface area contributed by atoms with Crippen LogP contribution in [-0.4, -0.2) is 46.9 Å². The van der Waals surface area contributed by atoms with Crippen LogP contribution in [0.3, 0.4) is 0 Å². The number of ether oxygens (including phenoxy) is 1. The van der Waals surface area contributed by atoms with Crippen LogP contribution in [0.5, 0.6) is 0 Å². The summed E-state index contributed by atoms with van der Waals surface area (Å²) in [5.74, 6) is -0.520. The van der Waals surface area contributed by atoms with E-state index in [0.29, 0.717) is 19.3 Å². The molecule has 0 spiro atoms. The van der Waals surface area contributed by atoms with Gasteiger partial charge >= 0.3 is 5.97 Å². The second kappa shape index (κ2) is 49.3. The highest BCUT2D eigenvalue weighted by Crippen LogP contribution is 2.17. The standard InChI is InChI=1S/C56H99NO5/c1-4-7-10-13-16-19-22-25-26-27-28-31-32-35-38-41-44-47-52(62-56(61)49-46-43-40-37-34-30-24-21-18-15-12-9-6-3)50-55(60)57-53(51-58)54(59)48-45-42-39-36-33-29-23-20-17-14-11-8-5-2/h9,12,15-16,18-19,21,24-26,28,31,52-54,58-59H,4-8,10-11,13-14,17,20,22-23,27,29-30,32-51H2,1-3H3,(H,57,60)/b12-9+,18-15+,19-16-,24-21-,26-25-,31-28-. The molecule has 0 bridgehead atoms. The average Bonchev–Trinajstić information content (AvgIpc) is 3.26. The van der Waals surface area contributed by atoms with Gasteiger partial charge in [0.05, 0.1) is 25.2 Å². The Bertz CT molecular complexity index is 1150. The summed E-state index contributed by atoms with van der Waals surface area (Å²) < 4.78 is 5.92. The molecule has 62 heavy (non-hydrogen) atoms. The third kappa shape index (κ3) is 43.9. The van der Waals surface area contributed by atoms with Gasteiger partial charge in [0, 0.05) is 6.42 Å². The molecular formula is C56H99NO5. The van der Waals surface area contributed by atoms with E-state index in [1.54, 1.807) is 0 Å². The number of amides is 1. The first-order valence-electron chi connectivity index (χ1n) is 26.2. The molecule has 0 heterocycles. The van der Waals surface area contributed by atoms with Crippen LogP contribution in [0, 0.1) is 0 Å². The SMILES string of the molecule is CC/C=C/C=C/C=C\CCCCCCCC(=O)OC(CCCCCC/C=C\C/C=C\C/C=C\CCCCC)CC(=O)NC(CO)C(O)CCCCCCCCCCCCCCC. The predicted octanol–water partition coefficient (Wildman–Crippen LogP) is 15.8. The first-order chi connectivity index (χ1) is 30.5. The van der Waals surface area contributed by atoms with Crippen LogP contribution in [-0.2, 0) is 14.3 Å². The Labute approximate surface area is 383 Å². The fourth-order valence-electron chi connectivity index (χ4n) is 7.61. The van der Waals surface area contributed by atoms with Crippen molar-refractivity contribution in [3.63, 3.8) is 0 Å². The molecule has 3 atom stereocenters. The molecule has 0 aromatic rings. The molecule has 0 rings (SSSR count). The lowest BCUT2D eigenvalue weighted by molar-refractivity contribution is -0.151. The minimum absolute atomic E-state index is 0.0518. The van der Waals surface area contributed by atoms with E-state index in [-0.39, 0.29) is 24.9 Å². The summed E-state index contributed by atoms with van der Waals surface area (Å²) in [5.41, 5.74) is 0. The minimum Gasteiger partial charge on any atom is -0.462 e. The van der Waals surface area contributed by atoms with Gasteiger partial charge in [-0.15, -0.1) is 0 Å². The molecule has 0 radical (unpaired) electrons. The molecule has 0 fully saturated rings. The van der Waals surface area contributed by atoms with Gasteiger partial charge in [0.25, 0.3) is 0 Å². The van der Waals surface area contributed by atoms with E-state index in [2.05, 4.69) is 99.0 Å². The van der Waals surface area contributed by atoms with Crippen molar-refractivity contribution in [2.45, 2.75) is 264 Å². The summed E-state index contributed by atoms with van der Waals surface area (Å²) in [4.78, 5) is 26.2. The lowest BCUT2D eigenvalue weighted by Crippen LogP contribution is -2.46. The molecular weight excluding hydrogens is 767 g/mol. The Balaban J connectivity index is 4.67. The summed E-state index contributed by atoms with van der Waals surface area (Å²) in [6.45, 7) is 6.31. The molecule has 0 aliphatic rings. The van der Waals surface area contributed by atoms with Crippen molar-refractivity contribution in [3.8, 4) is 0 Å². The smallest absolute Gasteiger partial charge is 0.306 e. The fourth-order valence-corrected chi connectivity index (χ4v) is 7.61. The van der Waals surface area contributed by atoms with E-state index >= 15 is 0 Å². The van der Waals surface area contributed by atoms with Crippen molar-refractivity contribution < 1.29 is 24.5 Å². The molecule has 6 heteroatoms. The molecule has 1 amide bonds. The van der Waals surface area contributed by atoms with Crippen LogP contribution < -0.4 is 5.32 Å². The quantitative estimate of drug-likeness (QED) is 0.0245. The normalized spacial score (nSPS) is 13.8. The number of carbonyl (C=O) groups is 2. The van der Waals surface area contributed by atoms with E-state index in [0.717, 1.165) is 109 Å². The Morgan fingerprint density at radius 3 is 1.48 bits per heavy atom. The van der Waals surface area contributed by atoms with E-state index < -0.39 is 18.2 Å². The number of aliphatic hydroxyl groups is 2. The van der Waals surface area contributed by atoms with Crippen LogP contribution in [0.25, 0.3) is 0 Å². The zero-order valence-electron chi connectivity index (χ0n) is 40.7. The van der Waals surface area contributed by atoms with E-state index in [9.17, 15) is 19.8 Å². The summed E-state index contributed by atoms with van der Waals surface area (Å²) in [6.07, 6.45) is 62.4. The van der Waals surface area contributed by atoms with Gasteiger partial charge in [-0.2, -0.15) is 0 Å². The maximum absolute atomic E-state index is 13.2. The molecule has 6 nitrogen and oxygen atoms in total. The zero-order chi connectivity index (χ0) is 45.2. The van der Waals surface area contributed by atoms with Crippen molar-refractivity contribution in [1.29, 1.82) is 0 Å². The lowest BCUT2D eigenvalue weighted by atomic mass is 10.0. The topological polar surface area (TPSA) is 95.9 Å². The number of aliphatic hydroxyl groups excluding tert-OH is 2. The number of hydrogen-bond donors (Lipinski definition) is 3. The Morgan fingerprint density at radius 2 is 0.935 bits per heavy atom. The summed E-state index contributed by atoms with van der Waals surface area (Å²) >= 11 is 0. The van der Waals surface area contributed by atoms with Gasteiger partial charge in [0.15, 0.2) is 0 Å². The first kappa shape index (κ1) is 59.3. The second-order valence-electron chi connectivity index (χ2n) is 17.6. The molecule has 0 saturated carbocycles. The number of esters is 1. The van der Waals surface area contributed by atoms with Gasteiger partial charge in [-0.05, 0) is 83.5 Å². The second-order valence-corrected chi connectivity index (χ2v) is 17.6. The van der Waals surface area contributed by atoms with Gasteiger partial charge in [0.1, 0.15) is 6.10 Å². The van der Waals surface area contributed by atoms with Crippen LogP contribution in [0.15, 0.2) is 72.9 Å². The third-order valence-electron chi connectivity index (χ3n) is 11.6. The summed E-state index contributed by atoms with van der Waals surface area (Å²) in [7, 11) is 0. The maximum atomic E-state index is 13.2. The number of rotatable bonds is 46. The molecule has 358 valence electrons. The molecule has 0 aliphatic heterocycles. The van der Waals surface area contributed by atoms with Gasteiger partial charge in [-0.25, -0.2) is 0 Å². The van der Waals surface area contributed by atoms with Crippen molar-refractivity contribution in [2.24, 2.45) is 0 Å². The Morgan fingerprint density at radius 1 is 0.500 bits per heavy atom. The van der Waals surface area contributed by atoms with E-state index in [1.165, 1.54) is 89.9 Å². The number of hydrogen-bond acceptors (Lipinski definition) is 5. The molecule has 0 aliphatic carbocycles. The average molecular weight is 866 g/mol. The number of carbonyl (C=O) groups excluding carboxylic acids is 2. The van der Waals surface area contributed by atoms with Crippen molar-refractivity contribution in [2.75, 3.05) is 6.61 Å². The van der Waals surface area contributed by atoms with Crippen LogP contribution >= 0.6 is 0 Å². The van der Waals surface area contributed by atoms with Gasteiger partial charge in [0.2, 0.25) is 5.91 Å². The van der Waals surface area contributed by atoms with Gasteiger partial charge in [-0.3, -0.25) is 9.59 Å². The van der Waals surface area contributed by atoms with Crippen LogP contribution in [0.4, 0.5) is 0 Å². The number of unbranched alkanes of at least 4 members (excludes halogenated alkanes) is 24. The van der Waals surface area contributed by atoms with Crippen LogP contribution in [0.2, 0.25) is 0 Å². The molecule has 0 saturated heterocycles. The molecule has 3 N–H and O–H groups in total. The molecule has 3 unspecified atom stereocenters. The maximum Gasteiger partial charge on any atom is 0.306 e. The monoisotopic (exact) mass is 866 g/mol. The van der Waals surface area contributed by atoms with E-state index in [4.69, 9.17) is 4.74 Å². The number of nitrogens with one attached hydrogen (secondary N) is 1. The lowest BCUT2D eigenvalue weighted by Gasteiger charge is -2.24. The summed E-state index contributed by atoms with van der Waals surface area (Å²) in [5, 5.41) is 23.8. The highest BCUT2D eigenvalue weighted by molar-refractivity contribution is 5.77. The number of allylic oxidation sites excluding steroid dienone is 12. The van der Waals surface area contributed by atoms with Crippen molar-refractivity contribution in [1.82, 2.24) is 5.32 Å². The minimum atomic E-state index is -0.800. The predicted molar refractivity (Wildman–Crippen MR) is 268 cm³/mol.